The van der Waals surface area contributed by atoms with Crippen LogP contribution < -0.4 is 10.1 Å². The normalized spacial score (nSPS) is 10.8. The summed E-state index contributed by atoms with van der Waals surface area (Å²) in [6, 6.07) is 14.3. The van der Waals surface area contributed by atoms with E-state index in [0.29, 0.717) is 0 Å². The van der Waals surface area contributed by atoms with Gasteiger partial charge < -0.3 is 10.1 Å². The number of ether oxygens (including phenoxy) is 1. The Morgan fingerprint density at radius 1 is 1.05 bits per heavy atom. The van der Waals surface area contributed by atoms with Gasteiger partial charge in [-0.3, -0.25) is 0 Å². The largest absolute Gasteiger partial charge is 0.491 e. The Morgan fingerprint density at radius 3 is 2.25 bits per heavy atom. The maximum absolute atomic E-state index is 6.29. The Kier molecular flexibility index (Phi) is 5.05. The van der Waals surface area contributed by atoms with Gasteiger partial charge in [-0.1, -0.05) is 35.9 Å². The summed E-state index contributed by atoms with van der Waals surface area (Å²) < 4.78 is 5.65. The van der Waals surface area contributed by atoms with Crippen LogP contribution in [0, 0.1) is 0 Å². The number of hydrogen-bond acceptors (Lipinski definition) is 2. The van der Waals surface area contributed by atoms with Gasteiger partial charge in [-0.25, -0.2) is 0 Å². The van der Waals surface area contributed by atoms with Crippen molar-refractivity contribution in [2.75, 3.05) is 7.05 Å². The zero-order valence-corrected chi connectivity index (χ0v) is 12.9. The molecule has 0 heterocycles. The summed E-state index contributed by atoms with van der Waals surface area (Å²) in [5, 5.41) is 3.90. The quantitative estimate of drug-likeness (QED) is 0.874. The third-order valence-electron chi connectivity index (χ3n) is 2.98. The molecule has 20 heavy (non-hydrogen) atoms. The molecule has 106 valence electrons. The Hall–Kier alpha value is -1.51. The van der Waals surface area contributed by atoms with E-state index in [4.69, 9.17) is 16.3 Å². The van der Waals surface area contributed by atoms with E-state index in [0.717, 1.165) is 34.0 Å². The third-order valence-corrected chi connectivity index (χ3v) is 3.33. The summed E-state index contributed by atoms with van der Waals surface area (Å²) in [5.41, 5.74) is 3.36. The van der Waals surface area contributed by atoms with E-state index in [9.17, 15) is 0 Å². The van der Waals surface area contributed by atoms with Crippen LogP contribution in [-0.2, 0) is 6.54 Å². The van der Waals surface area contributed by atoms with Crippen LogP contribution in [0.4, 0.5) is 0 Å². The monoisotopic (exact) mass is 289 g/mol. The van der Waals surface area contributed by atoms with Crippen LogP contribution in [0.5, 0.6) is 5.75 Å². The molecule has 0 spiro atoms. The zero-order valence-electron chi connectivity index (χ0n) is 12.1. The molecule has 0 saturated carbocycles. The molecule has 0 aliphatic rings. The van der Waals surface area contributed by atoms with E-state index in [1.807, 2.05) is 39.1 Å². The van der Waals surface area contributed by atoms with E-state index in [-0.39, 0.29) is 6.10 Å². The Morgan fingerprint density at radius 2 is 1.70 bits per heavy atom. The van der Waals surface area contributed by atoms with E-state index >= 15 is 0 Å². The van der Waals surface area contributed by atoms with Crippen LogP contribution in [0.2, 0.25) is 5.02 Å². The highest BCUT2D eigenvalue weighted by atomic mass is 35.5. The molecule has 2 aromatic carbocycles. The van der Waals surface area contributed by atoms with Crippen LogP contribution >= 0.6 is 11.6 Å². The molecule has 0 aromatic heterocycles. The van der Waals surface area contributed by atoms with Crippen LogP contribution in [0.25, 0.3) is 11.1 Å². The first kappa shape index (κ1) is 14.9. The van der Waals surface area contributed by atoms with Gasteiger partial charge in [-0.2, -0.15) is 0 Å². The van der Waals surface area contributed by atoms with Crippen molar-refractivity contribution in [1.82, 2.24) is 5.32 Å². The lowest BCUT2D eigenvalue weighted by atomic mass is 10.0. The molecular weight excluding hydrogens is 270 g/mol. The minimum atomic E-state index is 0.191. The molecular formula is C17H20ClNO. The first-order chi connectivity index (χ1) is 9.60. The second-order valence-electron chi connectivity index (χ2n) is 5.03. The molecule has 0 radical (unpaired) electrons. The average molecular weight is 290 g/mol. The summed E-state index contributed by atoms with van der Waals surface area (Å²) >= 11 is 6.29. The molecule has 2 nitrogen and oxygen atoms in total. The van der Waals surface area contributed by atoms with Gasteiger partial charge in [0.15, 0.2) is 0 Å². The van der Waals surface area contributed by atoms with Crippen molar-refractivity contribution in [1.29, 1.82) is 0 Å². The van der Waals surface area contributed by atoms with Crippen molar-refractivity contribution in [3.8, 4) is 16.9 Å². The van der Waals surface area contributed by atoms with E-state index in [1.54, 1.807) is 0 Å². The second kappa shape index (κ2) is 6.78. The van der Waals surface area contributed by atoms with Crippen molar-refractivity contribution >= 4 is 11.6 Å². The fourth-order valence-electron chi connectivity index (χ4n) is 2.06. The van der Waals surface area contributed by atoms with E-state index in [2.05, 4.69) is 29.6 Å². The van der Waals surface area contributed by atoms with Gasteiger partial charge in [-0.15, -0.1) is 0 Å². The Balaban J connectivity index is 2.21. The standard InChI is InChI=1S/C17H20ClNO/c1-12(2)20-16-8-6-13(7-9-16)14-4-5-15(11-19-3)17(18)10-14/h4-10,12,19H,11H2,1-3H3. The predicted octanol–water partition coefficient (Wildman–Crippen LogP) is 4.51. The number of benzene rings is 2. The number of nitrogens with one attached hydrogen (secondary N) is 1. The van der Waals surface area contributed by atoms with Gasteiger partial charge in [0.1, 0.15) is 5.75 Å². The number of hydrogen-bond donors (Lipinski definition) is 1. The van der Waals surface area contributed by atoms with Crippen LogP contribution in [0.1, 0.15) is 19.4 Å². The van der Waals surface area contributed by atoms with Crippen molar-refractivity contribution in [2.24, 2.45) is 0 Å². The summed E-state index contributed by atoms with van der Waals surface area (Å²) in [7, 11) is 1.91. The van der Waals surface area contributed by atoms with Gasteiger partial charge in [-0.05, 0) is 55.8 Å². The second-order valence-corrected chi connectivity index (χ2v) is 5.43. The van der Waals surface area contributed by atoms with Crippen molar-refractivity contribution < 1.29 is 4.74 Å². The molecule has 0 fully saturated rings. The van der Waals surface area contributed by atoms with E-state index in [1.165, 1.54) is 0 Å². The van der Waals surface area contributed by atoms with Gasteiger partial charge in [0, 0.05) is 11.6 Å². The van der Waals surface area contributed by atoms with Gasteiger partial charge in [0.2, 0.25) is 0 Å². The Labute approximate surface area is 125 Å². The summed E-state index contributed by atoms with van der Waals surface area (Å²) in [5.74, 6) is 0.890. The van der Waals surface area contributed by atoms with Crippen LogP contribution in [-0.4, -0.2) is 13.2 Å². The summed E-state index contributed by atoms with van der Waals surface area (Å²) in [6.45, 7) is 4.82. The summed E-state index contributed by atoms with van der Waals surface area (Å²) in [4.78, 5) is 0. The fraction of sp³-hybridized carbons (Fsp3) is 0.294. The molecule has 0 aliphatic carbocycles. The first-order valence-electron chi connectivity index (χ1n) is 6.80. The lowest BCUT2D eigenvalue weighted by Gasteiger charge is -2.11. The SMILES string of the molecule is CNCc1ccc(-c2ccc(OC(C)C)cc2)cc1Cl. The zero-order chi connectivity index (χ0) is 14.5. The highest BCUT2D eigenvalue weighted by Crippen LogP contribution is 2.27. The van der Waals surface area contributed by atoms with Gasteiger partial charge >= 0.3 is 0 Å². The van der Waals surface area contributed by atoms with Crippen molar-refractivity contribution in [3.63, 3.8) is 0 Å². The topological polar surface area (TPSA) is 21.3 Å². The number of halogens is 1. The first-order valence-corrected chi connectivity index (χ1v) is 7.18. The Bertz CT molecular complexity index is 564. The predicted molar refractivity (Wildman–Crippen MR) is 85.4 cm³/mol. The molecule has 0 amide bonds. The summed E-state index contributed by atoms with van der Waals surface area (Å²) in [6.07, 6.45) is 0.191. The van der Waals surface area contributed by atoms with Gasteiger partial charge in [0.05, 0.1) is 6.10 Å². The van der Waals surface area contributed by atoms with Crippen molar-refractivity contribution in [3.05, 3.63) is 53.1 Å². The molecule has 0 saturated heterocycles. The van der Waals surface area contributed by atoms with Crippen molar-refractivity contribution in [2.45, 2.75) is 26.5 Å². The lowest BCUT2D eigenvalue weighted by molar-refractivity contribution is 0.242. The minimum Gasteiger partial charge on any atom is -0.491 e. The molecule has 2 rings (SSSR count). The molecule has 0 bridgehead atoms. The highest BCUT2D eigenvalue weighted by molar-refractivity contribution is 6.31. The molecule has 3 heteroatoms. The fourth-order valence-corrected chi connectivity index (χ4v) is 2.31. The van der Waals surface area contributed by atoms with Crippen LogP contribution in [0.3, 0.4) is 0 Å². The van der Waals surface area contributed by atoms with Gasteiger partial charge in [0.25, 0.3) is 0 Å². The maximum Gasteiger partial charge on any atom is 0.119 e. The highest BCUT2D eigenvalue weighted by Gasteiger charge is 2.04. The molecule has 2 aromatic rings. The van der Waals surface area contributed by atoms with Crippen LogP contribution in [0.15, 0.2) is 42.5 Å². The molecule has 0 unspecified atom stereocenters. The lowest BCUT2D eigenvalue weighted by Crippen LogP contribution is -2.05. The average Bonchev–Trinajstić information content (AvgIpc) is 2.41. The van der Waals surface area contributed by atoms with E-state index < -0.39 is 0 Å². The molecule has 0 aliphatic heterocycles. The minimum absolute atomic E-state index is 0.191. The molecule has 1 N–H and O–H groups in total. The third kappa shape index (κ3) is 3.75. The smallest absolute Gasteiger partial charge is 0.119 e. The number of rotatable bonds is 5. The maximum atomic E-state index is 6.29. The molecule has 0 atom stereocenters.